The van der Waals surface area contributed by atoms with Crippen LogP contribution in [0, 0.1) is 11.8 Å². The summed E-state index contributed by atoms with van der Waals surface area (Å²) in [5, 5.41) is 8.79. The Labute approximate surface area is 112 Å². The molecule has 2 aliphatic carbocycles. The van der Waals surface area contributed by atoms with E-state index < -0.39 is 6.16 Å². The smallest absolute Gasteiger partial charge is 0.449 e. The lowest BCUT2D eigenvalue weighted by Gasteiger charge is -2.22. The lowest BCUT2D eigenvalue weighted by Crippen LogP contribution is -2.10. The van der Waals surface area contributed by atoms with E-state index in [1.54, 1.807) is 6.08 Å². The Hall–Kier alpha value is -1.77. The van der Waals surface area contributed by atoms with Crippen molar-refractivity contribution in [2.45, 2.75) is 31.6 Å². The van der Waals surface area contributed by atoms with Gasteiger partial charge in [-0.05, 0) is 48.6 Å². The minimum absolute atomic E-state index is 0.405. The minimum Gasteiger partial charge on any atom is -0.449 e. The van der Waals surface area contributed by atoms with Crippen molar-refractivity contribution in [3.63, 3.8) is 0 Å². The Morgan fingerprint density at radius 3 is 2.79 bits per heavy atom. The van der Waals surface area contributed by atoms with E-state index in [-0.39, 0.29) is 0 Å². The molecule has 3 rings (SSSR count). The highest BCUT2D eigenvalue weighted by Gasteiger charge is 2.40. The second-order valence-electron chi connectivity index (χ2n) is 5.65. The topological polar surface area (TPSA) is 46.5 Å². The van der Waals surface area contributed by atoms with Crippen LogP contribution in [0.5, 0.6) is 5.75 Å². The summed E-state index contributed by atoms with van der Waals surface area (Å²) in [5.74, 6) is 2.63. The Bertz CT molecular complexity index is 521. The number of benzene rings is 1. The Morgan fingerprint density at radius 1 is 1.37 bits per heavy atom. The molecule has 0 amide bonds. The van der Waals surface area contributed by atoms with Crippen LogP contribution >= 0.6 is 0 Å². The number of hydrogen-bond donors (Lipinski definition) is 1. The predicted molar refractivity (Wildman–Crippen MR) is 73.4 cm³/mol. The summed E-state index contributed by atoms with van der Waals surface area (Å²) in [6, 6.07) is 5.89. The fraction of sp³-hybridized carbons (Fsp3) is 0.438. The number of fused-ring (bicyclic) bond motifs is 2. The maximum Gasteiger partial charge on any atom is 0.511 e. The van der Waals surface area contributed by atoms with E-state index in [0.717, 1.165) is 17.4 Å². The molecule has 0 aromatic heterocycles. The standard InChI is InChI=1S/C16H18O3/c1-2-11-5-6-13(9-15(11)19-16(17)18)14-8-10-3-4-12(14)7-10/h2,5-6,9-10,12,14H,1,3-4,7-8H2,(H,17,18). The second-order valence-corrected chi connectivity index (χ2v) is 5.65. The Balaban J connectivity index is 1.90. The fourth-order valence-electron chi connectivity index (χ4n) is 3.79. The molecule has 1 aromatic rings. The average Bonchev–Trinajstić information content (AvgIpc) is 3.00. The molecule has 2 saturated carbocycles. The van der Waals surface area contributed by atoms with Crippen LogP contribution in [0.4, 0.5) is 4.79 Å². The van der Waals surface area contributed by atoms with Crippen molar-refractivity contribution in [3.05, 3.63) is 35.9 Å². The molecule has 2 fully saturated rings. The summed E-state index contributed by atoms with van der Waals surface area (Å²) in [5.41, 5.74) is 1.95. The first-order chi connectivity index (χ1) is 9.17. The molecule has 0 saturated heterocycles. The van der Waals surface area contributed by atoms with Gasteiger partial charge in [0.1, 0.15) is 5.75 Å². The van der Waals surface area contributed by atoms with Crippen molar-refractivity contribution in [1.29, 1.82) is 0 Å². The molecule has 1 N–H and O–H groups in total. The van der Waals surface area contributed by atoms with Gasteiger partial charge in [0, 0.05) is 5.56 Å². The van der Waals surface area contributed by atoms with E-state index in [2.05, 4.69) is 12.6 Å². The zero-order valence-electron chi connectivity index (χ0n) is 10.8. The number of carboxylic acid groups (broad SMARTS) is 1. The van der Waals surface area contributed by atoms with Gasteiger partial charge >= 0.3 is 6.16 Å². The molecule has 19 heavy (non-hydrogen) atoms. The van der Waals surface area contributed by atoms with Gasteiger partial charge in [-0.25, -0.2) is 4.79 Å². The molecule has 3 nitrogen and oxygen atoms in total. The normalized spacial score (nSPS) is 28.3. The molecule has 1 aromatic carbocycles. The van der Waals surface area contributed by atoms with Gasteiger partial charge in [0.05, 0.1) is 0 Å². The minimum atomic E-state index is -1.27. The van der Waals surface area contributed by atoms with Gasteiger partial charge in [0.15, 0.2) is 0 Å². The molecule has 3 atom stereocenters. The molecule has 0 radical (unpaired) electrons. The third-order valence-corrected chi connectivity index (χ3v) is 4.62. The molecule has 3 unspecified atom stereocenters. The highest BCUT2D eigenvalue weighted by molar-refractivity contribution is 5.66. The number of carbonyl (C=O) groups is 1. The van der Waals surface area contributed by atoms with E-state index in [0.29, 0.717) is 11.7 Å². The predicted octanol–water partition coefficient (Wildman–Crippen LogP) is 4.29. The van der Waals surface area contributed by atoms with Crippen molar-refractivity contribution in [2.75, 3.05) is 0 Å². The highest BCUT2D eigenvalue weighted by atomic mass is 16.7. The van der Waals surface area contributed by atoms with Crippen LogP contribution in [-0.2, 0) is 0 Å². The highest BCUT2D eigenvalue weighted by Crippen LogP contribution is 2.53. The first-order valence-electron chi connectivity index (χ1n) is 6.84. The molecule has 0 heterocycles. The van der Waals surface area contributed by atoms with Crippen LogP contribution in [0.1, 0.15) is 42.7 Å². The van der Waals surface area contributed by atoms with Crippen molar-refractivity contribution >= 4 is 12.2 Å². The lowest BCUT2D eigenvalue weighted by molar-refractivity contribution is 0.144. The van der Waals surface area contributed by atoms with Gasteiger partial charge in [-0.2, -0.15) is 0 Å². The maximum atomic E-state index is 10.7. The monoisotopic (exact) mass is 258 g/mol. The second kappa shape index (κ2) is 4.72. The largest absolute Gasteiger partial charge is 0.511 e. The van der Waals surface area contributed by atoms with Crippen LogP contribution in [0.15, 0.2) is 24.8 Å². The average molecular weight is 258 g/mol. The van der Waals surface area contributed by atoms with Gasteiger partial charge in [0.2, 0.25) is 0 Å². The SMILES string of the molecule is C=Cc1ccc(C2CC3CCC2C3)cc1OC(=O)O. The van der Waals surface area contributed by atoms with E-state index in [4.69, 9.17) is 9.84 Å². The van der Waals surface area contributed by atoms with Crippen molar-refractivity contribution in [2.24, 2.45) is 11.8 Å². The molecular weight excluding hydrogens is 240 g/mol. The molecule has 3 heteroatoms. The summed E-state index contributed by atoms with van der Waals surface area (Å²) in [7, 11) is 0. The summed E-state index contributed by atoms with van der Waals surface area (Å²) < 4.78 is 4.86. The summed E-state index contributed by atoms with van der Waals surface area (Å²) in [6.07, 6.45) is 5.61. The summed E-state index contributed by atoms with van der Waals surface area (Å²) >= 11 is 0. The molecule has 2 aliphatic rings. The van der Waals surface area contributed by atoms with E-state index >= 15 is 0 Å². The first kappa shape index (κ1) is 12.3. The van der Waals surface area contributed by atoms with Crippen molar-refractivity contribution < 1.29 is 14.6 Å². The number of rotatable bonds is 3. The van der Waals surface area contributed by atoms with Gasteiger partial charge in [-0.15, -0.1) is 0 Å². The van der Waals surface area contributed by atoms with Crippen LogP contribution in [0.3, 0.4) is 0 Å². The van der Waals surface area contributed by atoms with Crippen LogP contribution in [-0.4, -0.2) is 11.3 Å². The van der Waals surface area contributed by atoms with E-state index in [9.17, 15) is 4.79 Å². The zero-order valence-corrected chi connectivity index (χ0v) is 10.8. The lowest BCUT2D eigenvalue weighted by atomic mass is 9.83. The van der Waals surface area contributed by atoms with Gasteiger partial charge in [-0.1, -0.05) is 31.2 Å². The molecule has 2 bridgehead atoms. The number of hydrogen-bond acceptors (Lipinski definition) is 2. The molecule has 100 valence electrons. The quantitative estimate of drug-likeness (QED) is 0.649. The maximum absolute atomic E-state index is 10.7. The van der Waals surface area contributed by atoms with E-state index in [1.165, 1.54) is 31.2 Å². The molecule has 0 aliphatic heterocycles. The van der Waals surface area contributed by atoms with Gasteiger partial charge in [-0.3, -0.25) is 0 Å². The zero-order chi connectivity index (χ0) is 13.4. The molecule has 0 spiro atoms. The van der Waals surface area contributed by atoms with Crippen LogP contribution in [0.25, 0.3) is 6.08 Å². The van der Waals surface area contributed by atoms with Gasteiger partial charge in [0.25, 0.3) is 0 Å². The Morgan fingerprint density at radius 2 is 2.21 bits per heavy atom. The van der Waals surface area contributed by atoms with Crippen LogP contribution < -0.4 is 4.74 Å². The first-order valence-corrected chi connectivity index (χ1v) is 6.84. The van der Waals surface area contributed by atoms with E-state index in [1.807, 2.05) is 12.1 Å². The number of ether oxygens (including phenoxy) is 1. The van der Waals surface area contributed by atoms with Crippen molar-refractivity contribution in [1.82, 2.24) is 0 Å². The summed E-state index contributed by atoms with van der Waals surface area (Å²) in [4.78, 5) is 10.7. The third-order valence-electron chi connectivity index (χ3n) is 4.62. The molecular formula is C16H18O3. The van der Waals surface area contributed by atoms with Crippen molar-refractivity contribution in [3.8, 4) is 5.75 Å². The third kappa shape index (κ3) is 2.25. The fourth-order valence-corrected chi connectivity index (χ4v) is 3.79. The van der Waals surface area contributed by atoms with Gasteiger partial charge < -0.3 is 9.84 Å². The Kier molecular flexibility index (Phi) is 3.05. The van der Waals surface area contributed by atoms with Crippen LogP contribution in [0.2, 0.25) is 0 Å². The summed E-state index contributed by atoms with van der Waals surface area (Å²) in [6.45, 7) is 3.69.